The van der Waals surface area contributed by atoms with Crippen LogP contribution in [0.3, 0.4) is 0 Å². The van der Waals surface area contributed by atoms with E-state index in [1.54, 1.807) is 0 Å². The molecule has 1 aromatic carbocycles. The van der Waals surface area contributed by atoms with E-state index in [2.05, 4.69) is 22.6 Å². The van der Waals surface area contributed by atoms with Gasteiger partial charge in [-0.1, -0.05) is 40.8 Å². The lowest BCUT2D eigenvalue weighted by Gasteiger charge is -2.18. The van der Waals surface area contributed by atoms with E-state index in [0.717, 1.165) is 36.2 Å². The fourth-order valence-electron chi connectivity index (χ4n) is 1.89. The van der Waals surface area contributed by atoms with Crippen LogP contribution in [0.1, 0.15) is 6.42 Å². The Hall–Kier alpha value is -0.780. The van der Waals surface area contributed by atoms with Crippen molar-refractivity contribution in [3.8, 4) is 0 Å². The van der Waals surface area contributed by atoms with Crippen molar-refractivity contribution >= 4 is 34.3 Å². The van der Waals surface area contributed by atoms with Crippen LogP contribution in [0.5, 0.6) is 0 Å². The second kappa shape index (κ2) is 5.52. The minimum Gasteiger partial charge on any atom is -0.323 e. The number of nitrogens with zero attached hydrogens (tertiary/aromatic N) is 2. The molecule has 1 saturated heterocycles. The number of rotatable bonds is 4. The van der Waals surface area contributed by atoms with E-state index in [1.165, 1.54) is 0 Å². The Labute approximate surface area is 110 Å². The van der Waals surface area contributed by atoms with E-state index < -0.39 is 0 Å². The lowest BCUT2D eigenvalue weighted by molar-refractivity contribution is 0.221. The number of benzene rings is 1. The third kappa shape index (κ3) is 2.48. The average molecular weight is 330 g/mol. The lowest BCUT2D eigenvalue weighted by atomic mass is 10.3. The van der Waals surface area contributed by atoms with Gasteiger partial charge in [0.15, 0.2) is 0 Å². The molecule has 1 fully saturated rings. The third-order valence-electron chi connectivity index (χ3n) is 2.72. The smallest absolute Gasteiger partial charge is 0.323 e. The van der Waals surface area contributed by atoms with Crippen molar-refractivity contribution < 1.29 is 4.79 Å². The number of amides is 2. The van der Waals surface area contributed by atoms with Crippen molar-refractivity contribution in [1.82, 2.24) is 4.90 Å². The van der Waals surface area contributed by atoms with Crippen LogP contribution >= 0.6 is 22.6 Å². The highest BCUT2D eigenvalue weighted by molar-refractivity contribution is 14.1. The fraction of sp³-hybridized carbons (Fsp3) is 0.417. The molecule has 1 heterocycles. The molecule has 0 unspecified atom stereocenters. The number of carbonyl (C=O) groups excluding carboxylic acids is 1. The molecule has 2 rings (SSSR count). The number of alkyl halides is 1. The van der Waals surface area contributed by atoms with Crippen LogP contribution in [0.4, 0.5) is 10.5 Å². The Balaban J connectivity index is 2.02. The van der Waals surface area contributed by atoms with Crippen molar-refractivity contribution in [3.05, 3.63) is 30.3 Å². The monoisotopic (exact) mass is 330 g/mol. The highest BCUT2D eigenvalue weighted by Crippen LogP contribution is 2.19. The van der Waals surface area contributed by atoms with Gasteiger partial charge in [0.1, 0.15) is 0 Å². The quantitative estimate of drug-likeness (QED) is 0.615. The summed E-state index contributed by atoms with van der Waals surface area (Å²) < 4.78 is 1.10. The molecule has 0 radical (unpaired) electrons. The second-order valence-corrected chi connectivity index (χ2v) is 4.88. The van der Waals surface area contributed by atoms with Crippen LogP contribution in [0.2, 0.25) is 0 Å². The van der Waals surface area contributed by atoms with Gasteiger partial charge in [0, 0.05) is 29.7 Å². The van der Waals surface area contributed by atoms with Gasteiger partial charge >= 0.3 is 6.03 Å². The number of halogens is 1. The fourth-order valence-corrected chi connectivity index (χ4v) is 2.23. The molecule has 86 valence electrons. The molecule has 1 aliphatic rings. The van der Waals surface area contributed by atoms with E-state index in [4.69, 9.17) is 0 Å². The summed E-state index contributed by atoms with van der Waals surface area (Å²) in [6, 6.07) is 10.0. The van der Waals surface area contributed by atoms with Gasteiger partial charge in [0.2, 0.25) is 0 Å². The molecule has 3 nitrogen and oxygen atoms in total. The van der Waals surface area contributed by atoms with Gasteiger partial charge in [-0.3, -0.25) is 4.90 Å². The first-order valence-electron chi connectivity index (χ1n) is 5.50. The van der Waals surface area contributed by atoms with E-state index in [9.17, 15) is 4.79 Å². The standard InChI is InChI=1S/C12H15IN2O/c13-7-4-8-14-9-10-15(12(14)16)11-5-2-1-3-6-11/h1-3,5-6H,4,7-10H2. The summed E-state index contributed by atoms with van der Waals surface area (Å²) in [5, 5.41) is 0. The van der Waals surface area contributed by atoms with Crippen LogP contribution < -0.4 is 4.90 Å². The van der Waals surface area contributed by atoms with Crippen LogP contribution in [0, 0.1) is 0 Å². The molecule has 0 aliphatic carbocycles. The predicted molar refractivity (Wildman–Crippen MR) is 74.3 cm³/mol. The Morgan fingerprint density at radius 3 is 2.62 bits per heavy atom. The minimum atomic E-state index is 0.149. The maximum absolute atomic E-state index is 12.1. The SMILES string of the molecule is O=C1N(CCCI)CCN1c1ccccc1. The summed E-state index contributed by atoms with van der Waals surface area (Å²) in [5.41, 5.74) is 1.00. The maximum atomic E-state index is 12.1. The van der Waals surface area contributed by atoms with Crippen molar-refractivity contribution in [1.29, 1.82) is 0 Å². The Kier molecular flexibility index (Phi) is 4.04. The number of hydrogen-bond donors (Lipinski definition) is 0. The second-order valence-electron chi connectivity index (χ2n) is 3.80. The van der Waals surface area contributed by atoms with Crippen LogP contribution in [-0.2, 0) is 0 Å². The van der Waals surface area contributed by atoms with E-state index in [1.807, 2.05) is 40.1 Å². The highest BCUT2D eigenvalue weighted by Gasteiger charge is 2.28. The minimum absolute atomic E-state index is 0.149. The van der Waals surface area contributed by atoms with Gasteiger partial charge in [0.25, 0.3) is 0 Å². The predicted octanol–water partition coefficient (Wildman–Crippen LogP) is 2.75. The van der Waals surface area contributed by atoms with Gasteiger partial charge in [0.05, 0.1) is 0 Å². The first-order chi connectivity index (χ1) is 7.83. The Bertz CT molecular complexity index is 355. The molecule has 16 heavy (non-hydrogen) atoms. The lowest BCUT2D eigenvalue weighted by Crippen LogP contribution is -2.32. The zero-order valence-electron chi connectivity index (χ0n) is 9.10. The molecule has 0 spiro atoms. The van der Waals surface area contributed by atoms with Crippen molar-refractivity contribution in [3.63, 3.8) is 0 Å². The molecule has 0 saturated carbocycles. The van der Waals surface area contributed by atoms with Gasteiger partial charge in [-0.25, -0.2) is 4.79 Å². The highest BCUT2D eigenvalue weighted by atomic mass is 127. The molecule has 4 heteroatoms. The number of hydrogen-bond acceptors (Lipinski definition) is 1. The first-order valence-corrected chi connectivity index (χ1v) is 7.03. The Morgan fingerprint density at radius 2 is 1.94 bits per heavy atom. The van der Waals surface area contributed by atoms with Crippen LogP contribution in [0.25, 0.3) is 0 Å². The summed E-state index contributed by atoms with van der Waals surface area (Å²) in [4.78, 5) is 15.9. The molecular formula is C12H15IN2O. The maximum Gasteiger partial charge on any atom is 0.324 e. The van der Waals surface area contributed by atoms with Crippen molar-refractivity contribution in [2.24, 2.45) is 0 Å². The molecule has 0 bridgehead atoms. The summed E-state index contributed by atoms with van der Waals surface area (Å²) in [6.07, 6.45) is 1.08. The normalized spacial score (nSPS) is 15.9. The van der Waals surface area contributed by atoms with E-state index in [0.29, 0.717) is 0 Å². The number of carbonyl (C=O) groups is 1. The third-order valence-corrected chi connectivity index (χ3v) is 3.49. The topological polar surface area (TPSA) is 23.6 Å². The molecule has 0 N–H and O–H groups in total. The molecule has 2 amide bonds. The zero-order valence-corrected chi connectivity index (χ0v) is 11.3. The largest absolute Gasteiger partial charge is 0.324 e. The molecule has 0 aromatic heterocycles. The van der Waals surface area contributed by atoms with Crippen LogP contribution in [0.15, 0.2) is 30.3 Å². The van der Waals surface area contributed by atoms with Crippen LogP contribution in [-0.4, -0.2) is 35.0 Å². The molecule has 0 atom stereocenters. The molecule has 1 aromatic rings. The summed E-state index contributed by atoms with van der Waals surface area (Å²) >= 11 is 2.35. The number of urea groups is 1. The van der Waals surface area contributed by atoms with E-state index in [-0.39, 0.29) is 6.03 Å². The molecule has 1 aliphatic heterocycles. The van der Waals surface area contributed by atoms with Crippen molar-refractivity contribution in [2.45, 2.75) is 6.42 Å². The van der Waals surface area contributed by atoms with E-state index >= 15 is 0 Å². The van der Waals surface area contributed by atoms with Gasteiger partial charge in [-0.15, -0.1) is 0 Å². The summed E-state index contributed by atoms with van der Waals surface area (Å²) in [5.74, 6) is 0. The Morgan fingerprint density at radius 1 is 1.19 bits per heavy atom. The number of anilines is 1. The van der Waals surface area contributed by atoms with Gasteiger partial charge in [-0.05, 0) is 18.6 Å². The molecular weight excluding hydrogens is 315 g/mol. The summed E-state index contributed by atoms with van der Waals surface area (Å²) in [6.45, 7) is 2.54. The van der Waals surface area contributed by atoms with Gasteiger partial charge < -0.3 is 4.90 Å². The zero-order chi connectivity index (χ0) is 11.4. The average Bonchev–Trinajstić information content (AvgIpc) is 2.69. The first kappa shape index (κ1) is 11.7. The summed E-state index contributed by atoms with van der Waals surface area (Å²) in [7, 11) is 0. The van der Waals surface area contributed by atoms with Gasteiger partial charge in [-0.2, -0.15) is 0 Å². The van der Waals surface area contributed by atoms with Crippen molar-refractivity contribution in [2.75, 3.05) is 29.0 Å². The number of para-hydroxylation sites is 1.